The van der Waals surface area contributed by atoms with Crippen molar-refractivity contribution in [3.8, 4) is 0 Å². The Morgan fingerprint density at radius 2 is 1.76 bits per heavy atom. The predicted molar refractivity (Wildman–Crippen MR) is 146 cm³/mol. The molecule has 0 aliphatic carbocycles. The highest BCUT2D eigenvalue weighted by atomic mass is 19.1. The molecule has 2 aliphatic heterocycles. The van der Waals surface area contributed by atoms with Gasteiger partial charge in [0.05, 0.1) is 0 Å². The lowest BCUT2D eigenvalue weighted by molar-refractivity contribution is -0.116. The van der Waals surface area contributed by atoms with Gasteiger partial charge in [-0.1, -0.05) is 48.5 Å². The van der Waals surface area contributed by atoms with Crippen LogP contribution in [0.4, 0.5) is 15.8 Å². The maximum absolute atomic E-state index is 13.7. The second kappa shape index (κ2) is 11.1. The van der Waals surface area contributed by atoms with Gasteiger partial charge < -0.3 is 9.80 Å². The number of piperidine rings is 1. The van der Waals surface area contributed by atoms with Crippen molar-refractivity contribution in [2.24, 2.45) is 0 Å². The molecule has 0 unspecified atom stereocenters. The highest BCUT2D eigenvalue weighted by Gasteiger charge is 2.30. The minimum atomic E-state index is -0.333. The molecule has 0 radical (unpaired) electrons. The van der Waals surface area contributed by atoms with E-state index in [0.717, 1.165) is 55.8 Å². The molecule has 1 saturated heterocycles. The molecule has 3 aromatic carbocycles. The molecule has 1 fully saturated rings. The summed E-state index contributed by atoms with van der Waals surface area (Å²) in [6, 6.07) is 22.7. The van der Waals surface area contributed by atoms with Gasteiger partial charge >= 0.3 is 0 Å². The van der Waals surface area contributed by atoms with E-state index in [4.69, 9.17) is 0 Å². The number of fused-ring (bicyclic) bond motifs is 1. The van der Waals surface area contributed by atoms with E-state index in [1.807, 2.05) is 29.2 Å². The van der Waals surface area contributed by atoms with E-state index in [-0.39, 0.29) is 23.7 Å². The van der Waals surface area contributed by atoms with Crippen molar-refractivity contribution in [3.63, 3.8) is 0 Å². The fourth-order valence-electron chi connectivity index (χ4n) is 5.40. The first-order valence-electron chi connectivity index (χ1n) is 12.9. The number of halogens is 1. The van der Waals surface area contributed by atoms with Gasteiger partial charge in [0.25, 0.3) is 5.91 Å². The number of amides is 2. The van der Waals surface area contributed by atoms with Gasteiger partial charge in [0.1, 0.15) is 5.82 Å². The molecule has 0 atom stereocenters. The van der Waals surface area contributed by atoms with Crippen LogP contribution in [0.1, 0.15) is 36.5 Å². The third-order valence-corrected chi connectivity index (χ3v) is 7.30. The summed E-state index contributed by atoms with van der Waals surface area (Å²) in [6.07, 6.45) is 5.71. The van der Waals surface area contributed by atoms with Gasteiger partial charge in [-0.15, -0.1) is 0 Å². The molecular formula is C31H32FN3O2. The summed E-state index contributed by atoms with van der Waals surface area (Å²) in [7, 11) is 0. The van der Waals surface area contributed by atoms with E-state index in [1.165, 1.54) is 23.8 Å². The second-order valence-electron chi connectivity index (χ2n) is 9.82. The molecule has 5 rings (SSSR count). The van der Waals surface area contributed by atoms with E-state index >= 15 is 0 Å². The molecule has 2 amide bonds. The lowest BCUT2D eigenvalue weighted by Crippen LogP contribution is -2.47. The Morgan fingerprint density at radius 1 is 0.973 bits per heavy atom. The Kier molecular flexibility index (Phi) is 7.47. The lowest BCUT2D eigenvalue weighted by atomic mass is 10.0. The number of nitrogens with zero attached hydrogens (tertiary/aromatic N) is 3. The average Bonchev–Trinajstić information content (AvgIpc) is 3.33. The number of carbonyl (C=O) groups excluding carboxylic acids is 2. The number of anilines is 2. The molecule has 0 spiro atoms. The summed E-state index contributed by atoms with van der Waals surface area (Å²) in [5, 5.41) is 0. The molecule has 6 heteroatoms. The lowest BCUT2D eigenvalue weighted by Gasteiger charge is -2.38. The maximum atomic E-state index is 13.7. The molecule has 0 N–H and O–H groups in total. The Hall–Kier alpha value is -3.77. The summed E-state index contributed by atoms with van der Waals surface area (Å²) in [5.41, 5.74) is 4.73. The van der Waals surface area contributed by atoms with Gasteiger partial charge in [0.15, 0.2) is 0 Å². The Morgan fingerprint density at radius 3 is 2.49 bits per heavy atom. The van der Waals surface area contributed by atoms with Crippen molar-refractivity contribution in [2.75, 3.05) is 29.4 Å². The zero-order valence-corrected chi connectivity index (χ0v) is 21.1. The number of likely N-dealkylation sites (tertiary alicyclic amines) is 1. The molecule has 2 aliphatic rings. The van der Waals surface area contributed by atoms with Crippen molar-refractivity contribution in [1.29, 1.82) is 0 Å². The Balaban J connectivity index is 1.39. The topological polar surface area (TPSA) is 43.9 Å². The van der Waals surface area contributed by atoms with Crippen LogP contribution in [0.2, 0.25) is 0 Å². The largest absolute Gasteiger partial charge is 0.312 e. The van der Waals surface area contributed by atoms with Crippen LogP contribution >= 0.6 is 0 Å². The monoisotopic (exact) mass is 497 g/mol. The van der Waals surface area contributed by atoms with Crippen LogP contribution in [0.5, 0.6) is 0 Å². The van der Waals surface area contributed by atoms with Crippen molar-refractivity contribution in [2.45, 2.75) is 38.8 Å². The SMILES string of the molecule is CC(=O)N1CCc2ccc(N(C(=O)C=Cc3cccc(F)c3)C3CCN(Cc4ccccc4)CC3)cc21. The molecule has 3 aromatic rings. The van der Waals surface area contributed by atoms with Crippen LogP contribution in [-0.4, -0.2) is 42.4 Å². The highest BCUT2D eigenvalue weighted by Crippen LogP contribution is 2.34. The fraction of sp³-hybridized carbons (Fsp3) is 0.290. The van der Waals surface area contributed by atoms with Crippen LogP contribution in [-0.2, 0) is 22.6 Å². The van der Waals surface area contributed by atoms with E-state index < -0.39 is 0 Å². The second-order valence-corrected chi connectivity index (χ2v) is 9.82. The first-order valence-corrected chi connectivity index (χ1v) is 12.9. The van der Waals surface area contributed by atoms with E-state index in [9.17, 15) is 14.0 Å². The van der Waals surface area contributed by atoms with Crippen LogP contribution in [0.3, 0.4) is 0 Å². The van der Waals surface area contributed by atoms with E-state index in [2.05, 4.69) is 29.2 Å². The minimum Gasteiger partial charge on any atom is -0.312 e. The maximum Gasteiger partial charge on any atom is 0.251 e. The average molecular weight is 498 g/mol. The summed E-state index contributed by atoms with van der Waals surface area (Å²) >= 11 is 0. The molecule has 37 heavy (non-hydrogen) atoms. The van der Waals surface area contributed by atoms with Gasteiger partial charge in [-0.05, 0) is 66.3 Å². The number of hydrogen-bond donors (Lipinski definition) is 0. The van der Waals surface area contributed by atoms with Gasteiger partial charge in [0, 0.05) is 56.6 Å². The Labute approximate surface area is 217 Å². The zero-order chi connectivity index (χ0) is 25.8. The number of rotatable bonds is 6. The minimum absolute atomic E-state index is 0.00833. The molecule has 0 bridgehead atoms. The third kappa shape index (κ3) is 5.81. The normalized spacial score (nSPS) is 16.2. The van der Waals surface area contributed by atoms with E-state index in [1.54, 1.807) is 30.0 Å². The van der Waals surface area contributed by atoms with Crippen LogP contribution in [0.15, 0.2) is 78.9 Å². The predicted octanol–water partition coefficient (Wildman–Crippen LogP) is 5.45. The van der Waals surface area contributed by atoms with Crippen LogP contribution < -0.4 is 9.80 Å². The van der Waals surface area contributed by atoms with Crippen LogP contribution in [0.25, 0.3) is 6.08 Å². The van der Waals surface area contributed by atoms with Crippen LogP contribution in [0, 0.1) is 5.82 Å². The molecule has 0 aromatic heterocycles. The van der Waals surface area contributed by atoms with Crippen molar-refractivity contribution in [1.82, 2.24) is 4.90 Å². The zero-order valence-electron chi connectivity index (χ0n) is 21.1. The first kappa shape index (κ1) is 24.9. The summed E-state index contributed by atoms with van der Waals surface area (Å²) in [6.45, 7) is 4.92. The smallest absolute Gasteiger partial charge is 0.251 e. The van der Waals surface area contributed by atoms with Gasteiger partial charge in [-0.3, -0.25) is 14.5 Å². The van der Waals surface area contributed by atoms with Crippen molar-refractivity contribution >= 4 is 29.3 Å². The number of benzene rings is 3. The summed E-state index contributed by atoms with van der Waals surface area (Å²) < 4.78 is 13.7. The highest BCUT2D eigenvalue weighted by molar-refractivity contribution is 6.05. The fourth-order valence-corrected chi connectivity index (χ4v) is 5.40. The molecule has 5 nitrogen and oxygen atoms in total. The molecular weight excluding hydrogens is 465 g/mol. The van der Waals surface area contributed by atoms with Gasteiger partial charge in [0.2, 0.25) is 5.91 Å². The summed E-state index contributed by atoms with van der Waals surface area (Å²) in [4.78, 5) is 31.9. The van der Waals surface area contributed by atoms with Gasteiger partial charge in [-0.25, -0.2) is 4.39 Å². The number of hydrogen-bond acceptors (Lipinski definition) is 3. The Bertz CT molecular complexity index is 1300. The van der Waals surface area contributed by atoms with E-state index in [0.29, 0.717) is 12.1 Å². The van der Waals surface area contributed by atoms with Gasteiger partial charge in [-0.2, -0.15) is 0 Å². The van der Waals surface area contributed by atoms with Crippen molar-refractivity contribution in [3.05, 3.63) is 101 Å². The first-order chi connectivity index (χ1) is 18.0. The standard InChI is InChI=1S/C31H32FN3O2/c1-23(36)34-19-14-26-11-12-29(21-30(26)34)35(31(37)13-10-24-8-5-9-27(32)20-24)28-15-17-33(18-16-28)22-25-6-3-2-4-7-25/h2-13,20-21,28H,14-19,22H2,1H3. The molecule has 2 heterocycles. The number of carbonyl (C=O) groups is 2. The molecule has 190 valence electrons. The molecule has 0 saturated carbocycles. The quantitative estimate of drug-likeness (QED) is 0.426. The third-order valence-electron chi connectivity index (χ3n) is 7.30. The van der Waals surface area contributed by atoms with Crippen molar-refractivity contribution < 1.29 is 14.0 Å². The summed E-state index contributed by atoms with van der Waals surface area (Å²) in [5.74, 6) is -0.465.